The molecular weight excluding hydrogens is 246 g/mol. The number of nitrogens with one attached hydrogen (secondary N) is 1. The van der Waals surface area contributed by atoms with E-state index in [2.05, 4.69) is 5.32 Å². The number of fused-ring (bicyclic) bond motifs is 1. The van der Waals surface area contributed by atoms with Gasteiger partial charge in [0.05, 0.1) is 19.8 Å². The van der Waals surface area contributed by atoms with Gasteiger partial charge in [-0.1, -0.05) is 0 Å². The normalized spacial score (nSPS) is 19.8. The predicted molar refractivity (Wildman–Crippen MR) is 69.6 cm³/mol. The van der Waals surface area contributed by atoms with Gasteiger partial charge in [-0.25, -0.2) is 0 Å². The lowest BCUT2D eigenvalue weighted by atomic mass is 9.86. The van der Waals surface area contributed by atoms with Gasteiger partial charge < -0.3 is 19.9 Å². The smallest absolute Gasteiger partial charge is 0.316 e. The van der Waals surface area contributed by atoms with E-state index in [-0.39, 0.29) is 13.2 Å². The SMILES string of the molecule is O=C(O)C1(CNc2ccc3c(c2)CCCO3)COC1. The zero-order chi connectivity index (χ0) is 13.3. The first kappa shape index (κ1) is 12.3. The Morgan fingerprint density at radius 2 is 2.26 bits per heavy atom. The van der Waals surface area contributed by atoms with Crippen LogP contribution in [0.25, 0.3) is 0 Å². The average Bonchev–Trinajstić information content (AvgIpc) is 2.37. The van der Waals surface area contributed by atoms with E-state index in [0.717, 1.165) is 30.9 Å². The maximum Gasteiger partial charge on any atom is 0.316 e. The molecule has 3 rings (SSSR count). The van der Waals surface area contributed by atoms with Crippen LogP contribution >= 0.6 is 0 Å². The van der Waals surface area contributed by atoms with E-state index in [0.29, 0.717) is 6.54 Å². The van der Waals surface area contributed by atoms with E-state index in [9.17, 15) is 9.90 Å². The Morgan fingerprint density at radius 1 is 1.42 bits per heavy atom. The van der Waals surface area contributed by atoms with Crippen LogP contribution in [0.1, 0.15) is 12.0 Å². The molecule has 0 aliphatic carbocycles. The first-order chi connectivity index (χ1) is 9.20. The number of rotatable bonds is 4. The molecule has 0 amide bonds. The summed E-state index contributed by atoms with van der Waals surface area (Å²) >= 11 is 0. The Morgan fingerprint density at radius 3 is 2.95 bits per heavy atom. The van der Waals surface area contributed by atoms with Crippen LogP contribution in [0.15, 0.2) is 18.2 Å². The van der Waals surface area contributed by atoms with Crippen molar-refractivity contribution in [2.45, 2.75) is 12.8 Å². The van der Waals surface area contributed by atoms with Crippen molar-refractivity contribution in [3.05, 3.63) is 23.8 Å². The lowest BCUT2D eigenvalue weighted by Crippen LogP contribution is -2.53. The van der Waals surface area contributed by atoms with Gasteiger partial charge >= 0.3 is 5.97 Å². The molecule has 0 atom stereocenters. The number of hydrogen-bond acceptors (Lipinski definition) is 4. The first-order valence-electron chi connectivity index (χ1n) is 6.50. The summed E-state index contributed by atoms with van der Waals surface area (Å²) in [6.45, 7) is 1.73. The summed E-state index contributed by atoms with van der Waals surface area (Å²) in [6, 6.07) is 5.92. The largest absolute Gasteiger partial charge is 0.493 e. The standard InChI is InChI=1S/C14H17NO4/c16-13(17)14(8-18-9-14)7-15-11-3-4-12-10(6-11)2-1-5-19-12/h3-4,6,15H,1-2,5,7-9H2,(H,16,17). The third-order valence-corrected chi connectivity index (χ3v) is 3.75. The molecule has 0 bridgehead atoms. The topological polar surface area (TPSA) is 67.8 Å². The second kappa shape index (κ2) is 4.74. The minimum absolute atomic E-state index is 0.281. The molecule has 102 valence electrons. The molecule has 0 spiro atoms. The van der Waals surface area contributed by atoms with Crippen molar-refractivity contribution < 1.29 is 19.4 Å². The van der Waals surface area contributed by atoms with Crippen molar-refractivity contribution >= 4 is 11.7 Å². The third-order valence-electron chi connectivity index (χ3n) is 3.75. The maximum atomic E-state index is 11.2. The van der Waals surface area contributed by atoms with Crippen molar-refractivity contribution in [1.29, 1.82) is 0 Å². The van der Waals surface area contributed by atoms with Crippen molar-refractivity contribution in [3.8, 4) is 5.75 Å². The van der Waals surface area contributed by atoms with E-state index in [1.807, 2.05) is 18.2 Å². The molecular formula is C14H17NO4. The first-order valence-corrected chi connectivity index (χ1v) is 6.50. The van der Waals surface area contributed by atoms with E-state index < -0.39 is 11.4 Å². The fraction of sp³-hybridized carbons (Fsp3) is 0.500. The molecule has 2 N–H and O–H groups in total. The number of aryl methyl sites for hydroxylation is 1. The predicted octanol–water partition coefficient (Wildman–Crippen LogP) is 1.52. The fourth-order valence-electron chi connectivity index (χ4n) is 2.39. The molecule has 2 heterocycles. The summed E-state index contributed by atoms with van der Waals surface area (Å²) < 4.78 is 10.6. The molecule has 5 nitrogen and oxygen atoms in total. The van der Waals surface area contributed by atoms with Gasteiger partial charge in [0.1, 0.15) is 11.2 Å². The van der Waals surface area contributed by atoms with Crippen LogP contribution in [0.4, 0.5) is 5.69 Å². The number of ether oxygens (including phenoxy) is 2. The highest BCUT2D eigenvalue weighted by Crippen LogP contribution is 2.30. The van der Waals surface area contributed by atoms with Gasteiger partial charge in [-0.05, 0) is 36.6 Å². The minimum Gasteiger partial charge on any atom is -0.493 e. The summed E-state index contributed by atoms with van der Waals surface area (Å²) in [6.07, 6.45) is 2.04. The van der Waals surface area contributed by atoms with E-state index >= 15 is 0 Å². The monoisotopic (exact) mass is 263 g/mol. The van der Waals surface area contributed by atoms with Crippen LogP contribution in [0.2, 0.25) is 0 Å². The van der Waals surface area contributed by atoms with Gasteiger partial charge in [-0.15, -0.1) is 0 Å². The number of anilines is 1. The van der Waals surface area contributed by atoms with Crippen molar-refractivity contribution in [1.82, 2.24) is 0 Å². The van der Waals surface area contributed by atoms with Gasteiger partial charge in [-0.2, -0.15) is 0 Å². The number of carboxylic acid groups (broad SMARTS) is 1. The van der Waals surface area contributed by atoms with Crippen LogP contribution in [-0.4, -0.2) is 37.4 Å². The molecule has 1 fully saturated rings. The van der Waals surface area contributed by atoms with Gasteiger partial charge in [-0.3, -0.25) is 4.79 Å². The summed E-state index contributed by atoms with van der Waals surface area (Å²) in [4.78, 5) is 11.2. The second-order valence-electron chi connectivity index (χ2n) is 5.21. The summed E-state index contributed by atoms with van der Waals surface area (Å²) in [5, 5.41) is 12.4. The number of aliphatic carboxylic acids is 1. The quantitative estimate of drug-likeness (QED) is 0.862. The van der Waals surface area contributed by atoms with Gasteiger partial charge in [0.25, 0.3) is 0 Å². The van der Waals surface area contributed by atoms with Crippen molar-refractivity contribution in [3.63, 3.8) is 0 Å². The van der Waals surface area contributed by atoms with Crippen LogP contribution in [0, 0.1) is 5.41 Å². The number of carboxylic acids is 1. The maximum absolute atomic E-state index is 11.2. The lowest BCUT2D eigenvalue weighted by molar-refractivity contribution is -0.176. The average molecular weight is 263 g/mol. The van der Waals surface area contributed by atoms with Gasteiger partial charge in [0.15, 0.2) is 0 Å². The number of carbonyl (C=O) groups is 1. The molecule has 0 saturated carbocycles. The van der Waals surface area contributed by atoms with E-state index in [1.165, 1.54) is 5.56 Å². The molecule has 2 aliphatic rings. The van der Waals surface area contributed by atoms with E-state index in [4.69, 9.17) is 9.47 Å². The Bertz CT molecular complexity index is 496. The zero-order valence-corrected chi connectivity index (χ0v) is 10.6. The lowest BCUT2D eigenvalue weighted by Gasteiger charge is -2.37. The molecule has 1 aromatic rings. The second-order valence-corrected chi connectivity index (χ2v) is 5.21. The van der Waals surface area contributed by atoms with Crippen LogP contribution in [-0.2, 0) is 16.0 Å². The molecule has 0 aromatic heterocycles. The number of benzene rings is 1. The Kier molecular flexibility index (Phi) is 3.06. The molecule has 1 aromatic carbocycles. The molecule has 0 unspecified atom stereocenters. The van der Waals surface area contributed by atoms with Crippen LogP contribution in [0.5, 0.6) is 5.75 Å². The molecule has 1 saturated heterocycles. The Labute approximate surface area is 111 Å². The molecule has 19 heavy (non-hydrogen) atoms. The molecule has 2 aliphatic heterocycles. The Balaban J connectivity index is 1.68. The van der Waals surface area contributed by atoms with Crippen LogP contribution in [0.3, 0.4) is 0 Å². The highest BCUT2D eigenvalue weighted by atomic mass is 16.5. The third kappa shape index (κ3) is 2.26. The Hall–Kier alpha value is -1.75. The van der Waals surface area contributed by atoms with E-state index in [1.54, 1.807) is 0 Å². The summed E-state index contributed by atoms with van der Waals surface area (Å²) in [5.41, 5.74) is 1.36. The highest BCUT2D eigenvalue weighted by molar-refractivity contribution is 5.77. The van der Waals surface area contributed by atoms with Crippen LogP contribution < -0.4 is 10.1 Å². The van der Waals surface area contributed by atoms with Gasteiger partial charge in [0, 0.05) is 12.2 Å². The molecule has 0 radical (unpaired) electrons. The fourth-order valence-corrected chi connectivity index (χ4v) is 2.39. The molecule has 5 heteroatoms. The summed E-state index contributed by atoms with van der Waals surface area (Å²) in [7, 11) is 0. The van der Waals surface area contributed by atoms with Gasteiger partial charge in [0.2, 0.25) is 0 Å². The summed E-state index contributed by atoms with van der Waals surface area (Å²) in [5.74, 6) is 0.143. The number of hydrogen-bond donors (Lipinski definition) is 2. The minimum atomic E-state index is -0.799. The zero-order valence-electron chi connectivity index (χ0n) is 10.6. The van der Waals surface area contributed by atoms with Crippen molar-refractivity contribution in [2.75, 3.05) is 31.7 Å². The van der Waals surface area contributed by atoms with Crippen molar-refractivity contribution in [2.24, 2.45) is 5.41 Å². The highest BCUT2D eigenvalue weighted by Gasteiger charge is 2.46.